The molecule has 0 aromatic heterocycles. The molecule has 12 heavy (non-hydrogen) atoms. The Morgan fingerprint density at radius 1 is 1.42 bits per heavy atom. The van der Waals surface area contributed by atoms with Crippen molar-refractivity contribution in [2.45, 2.75) is 13.8 Å². The van der Waals surface area contributed by atoms with Crippen molar-refractivity contribution in [2.24, 2.45) is 4.99 Å². The third-order valence-corrected chi connectivity index (χ3v) is 1.68. The summed E-state index contributed by atoms with van der Waals surface area (Å²) < 4.78 is 5.16. The van der Waals surface area contributed by atoms with Crippen molar-refractivity contribution >= 4 is 11.9 Å². The van der Waals surface area contributed by atoms with Crippen LogP contribution in [0.2, 0.25) is 0 Å². The van der Waals surface area contributed by atoms with E-state index >= 15 is 0 Å². The maximum atomic E-state index is 5.16. The second kappa shape index (κ2) is 3.90. The fraction of sp³-hybridized carbons (Fsp3) is 0.300. The molecule has 2 nitrogen and oxygen atoms in total. The van der Waals surface area contributed by atoms with Crippen LogP contribution < -0.4 is 4.74 Å². The highest BCUT2D eigenvalue weighted by molar-refractivity contribution is 5.67. The standard InChI is InChI=1S/C10H13NO/c1-4-11-10-8(2)6-5-7-9(10)12-3/h4-7H,1-3H3. The number of rotatable bonds is 2. The van der Waals surface area contributed by atoms with Gasteiger partial charge in [0.1, 0.15) is 11.4 Å². The average molecular weight is 163 g/mol. The van der Waals surface area contributed by atoms with Crippen LogP contribution >= 0.6 is 0 Å². The second-order valence-electron chi connectivity index (χ2n) is 2.51. The van der Waals surface area contributed by atoms with Gasteiger partial charge >= 0.3 is 0 Å². The first-order valence-electron chi connectivity index (χ1n) is 3.92. The lowest BCUT2D eigenvalue weighted by Crippen LogP contribution is -1.85. The van der Waals surface area contributed by atoms with E-state index in [0.29, 0.717) is 0 Å². The predicted molar refractivity (Wildman–Crippen MR) is 51.6 cm³/mol. The Balaban J connectivity index is 3.19. The number of benzene rings is 1. The van der Waals surface area contributed by atoms with Crippen molar-refractivity contribution in [1.29, 1.82) is 0 Å². The zero-order chi connectivity index (χ0) is 8.97. The second-order valence-corrected chi connectivity index (χ2v) is 2.51. The molecule has 1 aromatic carbocycles. The van der Waals surface area contributed by atoms with Gasteiger partial charge in [0, 0.05) is 6.21 Å². The lowest BCUT2D eigenvalue weighted by atomic mass is 10.2. The van der Waals surface area contributed by atoms with Crippen molar-refractivity contribution in [2.75, 3.05) is 7.11 Å². The normalized spacial score (nSPS) is 10.6. The summed E-state index contributed by atoms with van der Waals surface area (Å²) in [6.45, 7) is 3.91. The van der Waals surface area contributed by atoms with Gasteiger partial charge in [0.25, 0.3) is 0 Å². The molecule has 0 amide bonds. The number of nitrogens with zero attached hydrogens (tertiary/aromatic N) is 1. The minimum Gasteiger partial charge on any atom is -0.494 e. The number of ether oxygens (including phenoxy) is 1. The molecule has 0 heterocycles. The van der Waals surface area contributed by atoms with E-state index in [9.17, 15) is 0 Å². The molecule has 0 fully saturated rings. The monoisotopic (exact) mass is 163 g/mol. The Morgan fingerprint density at radius 3 is 2.75 bits per heavy atom. The minimum absolute atomic E-state index is 0.827. The molecule has 0 aliphatic heterocycles. The molecule has 0 bridgehead atoms. The van der Waals surface area contributed by atoms with Crippen LogP contribution in [-0.2, 0) is 0 Å². The molecule has 1 rings (SSSR count). The van der Waals surface area contributed by atoms with Gasteiger partial charge in [-0.25, -0.2) is 0 Å². The summed E-state index contributed by atoms with van der Waals surface area (Å²) in [6.07, 6.45) is 1.77. The van der Waals surface area contributed by atoms with Crippen molar-refractivity contribution in [3.8, 4) is 5.75 Å². The third kappa shape index (κ3) is 1.64. The fourth-order valence-electron chi connectivity index (χ4n) is 1.09. The van der Waals surface area contributed by atoms with Crippen LogP contribution in [-0.4, -0.2) is 13.3 Å². The van der Waals surface area contributed by atoms with E-state index in [4.69, 9.17) is 4.74 Å². The Kier molecular flexibility index (Phi) is 2.86. The zero-order valence-corrected chi connectivity index (χ0v) is 7.66. The third-order valence-electron chi connectivity index (χ3n) is 1.68. The maximum absolute atomic E-state index is 5.16. The van der Waals surface area contributed by atoms with Gasteiger partial charge < -0.3 is 4.74 Å². The molecule has 0 unspecified atom stereocenters. The van der Waals surface area contributed by atoms with Gasteiger partial charge in [0.15, 0.2) is 0 Å². The van der Waals surface area contributed by atoms with E-state index in [2.05, 4.69) is 4.99 Å². The van der Waals surface area contributed by atoms with Crippen LogP contribution in [0.4, 0.5) is 5.69 Å². The molecule has 1 aromatic rings. The summed E-state index contributed by atoms with van der Waals surface area (Å²) in [5, 5.41) is 0. The van der Waals surface area contributed by atoms with E-state index in [1.807, 2.05) is 32.0 Å². The highest BCUT2D eigenvalue weighted by Crippen LogP contribution is 2.29. The summed E-state index contributed by atoms with van der Waals surface area (Å²) in [5.74, 6) is 0.827. The fourth-order valence-corrected chi connectivity index (χ4v) is 1.09. The molecule has 2 heteroatoms. The van der Waals surface area contributed by atoms with Gasteiger partial charge in [-0.3, -0.25) is 4.99 Å². The highest BCUT2D eigenvalue weighted by atomic mass is 16.5. The smallest absolute Gasteiger partial charge is 0.144 e. The Labute approximate surface area is 72.9 Å². The minimum atomic E-state index is 0.827. The molecular weight excluding hydrogens is 150 g/mol. The summed E-state index contributed by atoms with van der Waals surface area (Å²) >= 11 is 0. The molecule has 0 spiro atoms. The van der Waals surface area contributed by atoms with Gasteiger partial charge in [-0.05, 0) is 25.5 Å². The molecular formula is C10H13NO. The highest BCUT2D eigenvalue weighted by Gasteiger charge is 2.01. The van der Waals surface area contributed by atoms with E-state index in [-0.39, 0.29) is 0 Å². The summed E-state index contributed by atoms with van der Waals surface area (Å²) in [7, 11) is 1.66. The van der Waals surface area contributed by atoms with Gasteiger partial charge in [-0.15, -0.1) is 0 Å². The quantitative estimate of drug-likeness (QED) is 0.614. The van der Waals surface area contributed by atoms with E-state index in [1.54, 1.807) is 13.3 Å². The number of methoxy groups -OCH3 is 1. The summed E-state index contributed by atoms with van der Waals surface area (Å²) in [4.78, 5) is 4.23. The zero-order valence-electron chi connectivity index (χ0n) is 7.66. The molecule has 0 radical (unpaired) electrons. The molecule has 0 atom stereocenters. The van der Waals surface area contributed by atoms with Crippen molar-refractivity contribution in [3.63, 3.8) is 0 Å². The Morgan fingerprint density at radius 2 is 2.17 bits per heavy atom. The topological polar surface area (TPSA) is 21.6 Å². The van der Waals surface area contributed by atoms with E-state index < -0.39 is 0 Å². The van der Waals surface area contributed by atoms with Gasteiger partial charge in [-0.1, -0.05) is 12.1 Å². The van der Waals surface area contributed by atoms with Crippen molar-refractivity contribution in [1.82, 2.24) is 0 Å². The lowest BCUT2D eigenvalue weighted by Gasteiger charge is -2.05. The number of hydrogen-bond donors (Lipinski definition) is 0. The maximum Gasteiger partial charge on any atom is 0.144 e. The van der Waals surface area contributed by atoms with Crippen LogP contribution in [0.3, 0.4) is 0 Å². The number of aryl methyl sites for hydroxylation is 1. The molecule has 0 aliphatic carbocycles. The SMILES string of the molecule is CC=Nc1c(C)cccc1OC. The van der Waals surface area contributed by atoms with Crippen LogP contribution in [0.25, 0.3) is 0 Å². The first kappa shape index (κ1) is 8.78. The molecule has 0 saturated carbocycles. The van der Waals surface area contributed by atoms with Crippen LogP contribution in [0.1, 0.15) is 12.5 Å². The first-order chi connectivity index (χ1) is 5.79. The lowest BCUT2D eigenvalue weighted by molar-refractivity contribution is 0.416. The van der Waals surface area contributed by atoms with Crippen molar-refractivity contribution < 1.29 is 4.74 Å². The van der Waals surface area contributed by atoms with Crippen molar-refractivity contribution in [3.05, 3.63) is 23.8 Å². The molecule has 0 saturated heterocycles. The largest absolute Gasteiger partial charge is 0.494 e. The van der Waals surface area contributed by atoms with Gasteiger partial charge in [-0.2, -0.15) is 0 Å². The van der Waals surface area contributed by atoms with Gasteiger partial charge in [0.2, 0.25) is 0 Å². The number of aliphatic imine (C=N–C) groups is 1. The van der Waals surface area contributed by atoms with Crippen LogP contribution in [0, 0.1) is 6.92 Å². The van der Waals surface area contributed by atoms with Crippen LogP contribution in [0.5, 0.6) is 5.75 Å². The predicted octanol–water partition coefficient (Wildman–Crippen LogP) is 2.73. The summed E-state index contributed by atoms with van der Waals surface area (Å²) in [6, 6.07) is 5.89. The molecule has 0 aliphatic rings. The van der Waals surface area contributed by atoms with Crippen LogP contribution in [0.15, 0.2) is 23.2 Å². The molecule has 0 N–H and O–H groups in total. The Bertz CT molecular complexity index is 292. The first-order valence-corrected chi connectivity index (χ1v) is 3.92. The average Bonchev–Trinajstić information content (AvgIpc) is 2.09. The molecule has 64 valence electrons. The van der Waals surface area contributed by atoms with E-state index in [0.717, 1.165) is 17.0 Å². The van der Waals surface area contributed by atoms with Gasteiger partial charge in [0.05, 0.1) is 7.11 Å². The Hall–Kier alpha value is -1.31. The number of hydrogen-bond acceptors (Lipinski definition) is 2. The summed E-state index contributed by atoms with van der Waals surface area (Å²) in [5.41, 5.74) is 2.05. The van der Waals surface area contributed by atoms with E-state index in [1.165, 1.54) is 0 Å². The number of para-hydroxylation sites is 1.